The number of nitrogens with two attached hydrogens (primary N) is 1. The molecule has 9 heteroatoms. The zero-order valence-electron chi connectivity index (χ0n) is 17.3. The number of amides is 3. The number of nitrogens with one attached hydrogen (secondary N) is 1. The zero-order chi connectivity index (χ0) is 22.0. The van der Waals surface area contributed by atoms with Crippen LogP contribution in [0.25, 0.3) is 0 Å². The average molecular weight is 423 g/mol. The SMILES string of the molecule is Cc1ccoc1C(=O)NC1CCN(C(=O)C2=NN(c3ccccc3)C(C(N)=O)C2)CC1. The number of rotatable bonds is 5. The topological polar surface area (TPSA) is 121 Å². The molecule has 3 amide bonds. The molecule has 1 aromatic carbocycles. The lowest BCUT2D eigenvalue weighted by Gasteiger charge is -2.32. The molecule has 2 aliphatic rings. The summed E-state index contributed by atoms with van der Waals surface area (Å²) in [6, 6.07) is 10.2. The minimum atomic E-state index is -0.685. The lowest BCUT2D eigenvalue weighted by atomic mass is 10.0. The number of primary amides is 1. The van der Waals surface area contributed by atoms with Crippen LogP contribution in [0.1, 0.15) is 35.4 Å². The molecule has 0 radical (unpaired) electrons. The number of benzene rings is 1. The van der Waals surface area contributed by atoms with Gasteiger partial charge in [0.1, 0.15) is 11.8 Å². The number of para-hydroxylation sites is 1. The summed E-state index contributed by atoms with van der Waals surface area (Å²) >= 11 is 0. The highest BCUT2D eigenvalue weighted by Gasteiger charge is 2.37. The van der Waals surface area contributed by atoms with Crippen LogP contribution in [0, 0.1) is 6.92 Å². The van der Waals surface area contributed by atoms with Crippen LogP contribution < -0.4 is 16.1 Å². The van der Waals surface area contributed by atoms with E-state index in [0.29, 0.717) is 43.1 Å². The first-order chi connectivity index (χ1) is 14.9. The second-order valence-corrected chi connectivity index (χ2v) is 7.82. The van der Waals surface area contributed by atoms with E-state index >= 15 is 0 Å². The molecule has 1 saturated heterocycles. The maximum Gasteiger partial charge on any atom is 0.287 e. The molecule has 0 spiro atoms. The first-order valence-electron chi connectivity index (χ1n) is 10.3. The molecule has 4 rings (SSSR count). The number of anilines is 1. The Labute approximate surface area is 179 Å². The molecule has 1 unspecified atom stereocenters. The van der Waals surface area contributed by atoms with Gasteiger partial charge in [-0.3, -0.25) is 19.4 Å². The van der Waals surface area contributed by atoms with E-state index in [1.807, 2.05) is 37.3 Å². The van der Waals surface area contributed by atoms with Crippen LogP contribution in [0.2, 0.25) is 0 Å². The fraction of sp³-hybridized carbons (Fsp3) is 0.364. The molecule has 2 aromatic rings. The first-order valence-corrected chi connectivity index (χ1v) is 10.3. The van der Waals surface area contributed by atoms with Gasteiger partial charge >= 0.3 is 0 Å². The predicted octanol–water partition coefficient (Wildman–Crippen LogP) is 1.43. The molecule has 3 heterocycles. The van der Waals surface area contributed by atoms with Crippen LogP contribution in [-0.4, -0.2) is 53.5 Å². The van der Waals surface area contributed by atoms with Crippen molar-refractivity contribution in [3.8, 4) is 0 Å². The molecule has 9 nitrogen and oxygen atoms in total. The maximum atomic E-state index is 13.0. The number of piperidine rings is 1. The van der Waals surface area contributed by atoms with Crippen molar-refractivity contribution in [1.82, 2.24) is 10.2 Å². The van der Waals surface area contributed by atoms with Gasteiger partial charge in [-0.1, -0.05) is 18.2 Å². The van der Waals surface area contributed by atoms with E-state index in [-0.39, 0.29) is 24.3 Å². The van der Waals surface area contributed by atoms with E-state index in [2.05, 4.69) is 10.4 Å². The van der Waals surface area contributed by atoms with Crippen LogP contribution in [0.15, 0.2) is 52.2 Å². The molecule has 3 N–H and O–H groups in total. The summed E-state index contributed by atoms with van der Waals surface area (Å²) in [6.07, 6.45) is 2.93. The van der Waals surface area contributed by atoms with Crippen molar-refractivity contribution >= 4 is 29.1 Å². The Kier molecular flexibility index (Phi) is 5.75. The van der Waals surface area contributed by atoms with Gasteiger partial charge in [0.05, 0.1) is 12.0 Å². The van der Waals surface area contributed by atoms with Gasteiger partial charge in [-0.2, -0.15) is 5.10 Å². The van der Waals surface area contributed by atoms with Gasteiger partial charge in [-0.05, 0) is 38.0 Å². The van der Waals surface area contributed by atoms with Gasteiger partial charge in [0.25, 0.3) is 11.8 Å². The Morgan fingerprint density at radius 3 is 2.45 bits per heavy atom. The number of carbonyl (C=O) groups excluding carboxylic acids is 3. The molecule has 1 aromatic heterocycles. The number of hydrogen-bond donors (Lipinski definition) is 2. The molecule has 0 aliphatic carbocycles. The lowest BCUT2D eigenvalue weighted by molar-refractivity contribution is -0.125. The van der Waals surface area contributed by atoms with Crippen molar-refractivity contribution in [3.63, 3.8) is 0 Å². The Bertz CT molecular complexity index is 1010. The van der Waals surface area contributed by atoms with E-state index in [0.717, 1.165) is 5.56 Å². The number of furan rings is 1. The summed E-state index contributed by atoms with van der Waals surface area (Å²) in [5.41, 5.74) is 7.38. The molecule has 2 aliphatic heterocycles. The predicted molar refractivity (Wildman–Crippen MR) is 114 cm³/mol. The molecular formula is C22H25N5O4. The van der Waals surface area contributed by atoms with E-state index in [9.17, 15) is 14.4 Å². The molecule has 162 valence electrons. The van der Waals surface area contributed by atoms with Crippen LogP contribution in [-0.2, 0) is 9.59 Å². The molecule has 0 bridgehead atoms. The maximum absolute atomic E-state index is 13.0. The Balaban J connectivity index is 1.37. The number of aryl methyl sites for hydroxylation is 1. The molecule has 1 fully saturated rings. The quantitative estimate of drug-likeness (QED) is 0.754. The summed E-state index contributed by atoms with van der Waals surface area (Å²) in [5, 5.41) is 8.92. The lowest BCUT2D eigenvalue weighted by Crippen LogP contribution is -2.48. The van der Waals surface area contributed by atoms with Crippen LogP contribution in [0.5, 0.6) is 0 Å². The minimum Gasteiger partial charge on any atom is -0.459 e. The van der Waals surface area contributed by atoms with Crippen molar-refractivity contribution in [1.29, 1.82) is 0 Å². The minimum absolute atomic E-state index is 0.0363. The average Bonchev–Trinajstić information content (AvgIpc) is 3.41. The van der Waals surface area contributed by atoms with E-state index < -0.39 is 11.9 Å². The van der Waals surface area contributed by atoms with Gasteiger partial charge in [0, 0.05) is 31.1 Å². The number of nitrogens with zero attached hydrogens (tertiary/aromatic N) is 3. The van der Waals surface area contributed by atoms with Crippen LogP contribution >= 0.6 is 0 Å². The van der Waals surface area contributed by atoms with Crippen LogP contribution in [0.4, 0.5) is 5.69 Å². The highest BCUT2D eigenvalue weighted by molar-refractivity contribution is 6.40. The van der Waals surface area contributed by atoms with Crippen molar-refractivity contribution in [2.24, 2.45) is 10.8 Å². The smallest absolute Gasteiger partial charge is 0.287 e. The van der Waals surface area contributed by atoms with E-state index in [4.69, 9.17) is 10.2 Å². The molecule has 31 heavy (non-hydrogen) atoms. The third-order valence-corrected chi connectivity index (χ3v) is 5.69. The summed E-state index contributed by atoms with van der Waals surface area (Å²) in [4.78, 5) is 39.0. The van der Waals surface area contributed by atoms with Crippen LogP contribution in [0.3, 0.4) is 0 Å². The summed E-state index contributed by atoms with van der Waals surface area (Å²) in [6.45, 7) is 2.80. The number of hydrazone groups is 1. The van der Waals surface area contributed by atoms with Gasteiger partial charge in [-0.15, -0.1) is 0 Å². The standard InChI is InChI=1S/C22H25N5O4/c1-14-9-12-31-19(14)21(29)24-15-7-10-26(11-8-15)22(30)17-13-18(20(23)28)27(25-17)16-5-3-2-4-6-16/h2-6,9,12,15,18H,7-8,10-11,13H2,1H3,(H2,23,28)(H,24,29). The normalized spacial score (nSPS) is 19.3. The Morgan fingerprint density at radius 1 is 1.13 bits per heavy atom. The fourth-order valence-corrected chi connectivity index (χ4v) is 3.95. The number of carbonyl (C=O) groups is 3. The molecular weight excluding hydrogens is 398 g/mol. The summed E-state index contributed by atoms with van der Waals surface area (Å²) < 4.78 is 5.24. The fourth-order valence-electron chi connectivity index (χ4n) is 3.95. The number of hydrogen-bond acceptors (Lipinski definition) is 6. The highest BCUT2D eigenvalue weighted by atomic mass is 16.3. The van der Waals surface area contributed by atoms with Crippen molar-refractivity contribution in [3.05, 3.63) is 54.0 Å². The first kappa shape index (κ1) is 20.6. The van der Waals surface area contributed by atoms with Gasteiger partial charge < -0.3 is 20.4 Å². The van der Waals surface area contributed by atoms with E-state index in [1.165, 1.54) is 11.3 Å². The van der Waals surface area contributed by atoms with Crippen molar-refractivity contribution < 1.29 is 18.8 Å². The Hall–Kier alpha value is -3.62. The zero-order valence-corrected chi connectivity index (χ0v) is 17.3. The number of likely N-dealkylation sites (tertiary alicyclic amines) is 1. The Morgan fingerprint density at radius 2 is 1.84 bits per heavy atom. The van der Waals surface area contributed by atoms with Gasteiger partial charge in [0.15, 0.2) is 5.76 Å². The third-order valence-electron chi connectivity index (χ3n) is 5.69. The van der Waals surface area contributed by atoms with Crippen molar-refractivity contribution in [2.75, 3.05) is 18.1 Å². The van der Waals surface area contributed by atoms with Gasteiger partial charge in [-0.25, -0.2) is 0 Å². The molecule has 1 atom stereocenters. The monoisotopic (exact) mass is 423 g/mol. The second-order valence-electron chi connectivity index (χ2n) is 7.82. The molecule has 0 saturated carbocycles. The van der Waals surface area contributed by atoms with Crippen molar-refractivity contribution in [2.45, 2.75) is 38.3 Å². The van der Waals surface area contributed by atoms with Gasteiger partial charge in [0.2, 0.25) is 5.91 Å². The second kappa shape index (κ2) is 8.63. The third kappa shape index (κ3) is 4.30. The largest absolute Gasteiger partial charge is 0.459 e. The summed E-state index contributed by atoms with van der Waals surface area (Å²) in [5.74, 6) is -0.644. The van der Waals surface area contributed by atoms with E-state index in [1.54, 1.807) is 11.0 Å². The summed E-state index contributed by atoms with van der Waals surface area (Å²) in [7, 11) is 0. The highest BCUT2D eigenvalue weighted by Crippen LogP contribution is 2.25.